The molecule has 2 bridgehead atoms. The fourth-order valence-electron chi connectivity index (χ4n) is 7.97. The molecule has 6 atom stereocenters. The summed E-state index contributed by atoms with van der Waals surface area (Å²) in [6, 6.07) is 11.2. The predicted molar refractivity (Wildman–Crippen MR) is 175 cm³/mol. The van der Waals surface area contributed by atoms with Gasteiger partial charge in [-0.05, 0) is 104 Å². The zero-order chi connectivity index (χ0) is 31.8. The molecule has 45 heavy (non-hydrogen) atoms. The third-order valence-corrected chi connectivity index (χ3v) is 12.2. The number of methoxy groups -OCH3 is 2. The van der Waals surface area contributed by atoms with E-state index in [9.17, 15) is 13.2 Å². The van der Waals surface area contributed by atoms with E-state index in [1.807, 2.05) is 13.0 Å². The number of nitrogens with one attached hydrogen (secondary N) is 1. The van der Waals surface area contributed by atoms with Crippen LogP contribution < -0.4 is 14.4 Å². The monoisotopic (exact) mass is 656 g/mol. The Morgan fingerprint density at radius 2 is 2.00 bits per heavy atom. The van der Waals surface area contributed by atoms with Crippen molar-refractivity contribution in [2.45, 2.75) is 68.3 Å². The van der Waals surface area contributed by atoms with Crippen molar-refractivity contribution >= 4 is 33.2 Å². The Labute approximate surface area is 272 Å². The SMILES string of the molecule is COCC[C@H]1C(=O)NS(=O)(=O)c2ccc3c(c2)N(C[C@@H]2CC[C@H]2[C@H](OC)/C=C\C[C@@H]1C)C[C@@]1(CCCc2cc(Cl)ccc21)CO3. The first kappa shape index (κ1) is 32.4. The van der Waals surface area contributed by atoms with Gasteiger partial charge in [0, 0.05) is 50.3 Å². The topological polar surface area (TPSA) is 94.2 Å². The first-order chi connectivity index (χ1) is 21.6. The highest BCUT2D eigenvalue weighted by molar-refractivity contribution is 7.90. The molecule has 2 aliphatic heterocycles. The molecule has 4 aliphatic rings. The van der Waals surface area contributed by atoms with Crippen LogP contribution in [0.3, 0.4) is 0 Å². The van der Waals surface area contributed by atoms with Crippen molar-refractivity contribution in [2.75, 3.05) is 45.4 Å². The van der Waals surface area contributed by atoms with Crippen molar-refractivity contribution in [3.05, 3.63) is 64.7 Å². The lowest BCUT2D eigenvalue weighted by Gasteiger charge is -2.46. The van der Waals surface area contributed by atoms with Crippen molar-refractivity contribution in [3.63, 3.8) is 0 Å². The molecule has 1 saturated carbocycles. The number of amides is 1. The number of fused-ring (bicyclic) bond motifs is 4. The third-order valence-electron chi connectivity index (χ3n) is 10.7. The van der Waals surface area contributed by atoms with Crippen LogP contribution >= 0.6 is 11.6 Å². The lowest BCUT2D eigenvalue weighted by atomic mass is 9.68. The lowest BCUT2D eigenvalue weighted by molar-refractivity contribution is -0.125. The second kappa shape index (κ2) is 13.3. The van der Waals surface area contributed by atoms with Gasteiger partial charge in [-0.15, -0.1) is 0 Å². The smallest absolute Gasteiger partial charge is 0.264 e. The Bertz CT molecular complexity index is 1550. The molecule has 0 saturated heterocycles. The van der Waals surface area contributed by atoms with Gasteiger partial charge >= 0.3 is 0 Å². The van der Waals surface area contributed by atoms with Crippen LogP contribution in [0.25, 0.3) is 0 Å². The normalized spacial score (nSPS) is 31.9. The molecule has 1 N–H and O–H groups in total. The van der Waals surface area contributed by atoms with Gasteiger partial charge in [-0.1, -0.05) is 36.7 Å². The minimum absolute atomic E-state index is 0.0315. The highest BCUT2D eigenvalue weighted by Gasteiger charge is 2.44. The summed E-state index contributed by atoms with van der Waals surface area (Å²) >= 11 is 6.42. The summed E-state index contributed by atoms with van der Waals surface area (Å²) in [6.07, 6.45) is 10.4. The molecule has 6 rings (SSSR count). The number of aryl methyl sites for hydroxylation is 1. The number of anilines is 1. The Morgan fingerprint density at radius 3 is 2.76 bits per heavy atom. The average Bonchev–Trinajstić information content (AvgIpc) is 3.15. The fraction of sp³-hybridized carbons (Fsp3) is 0.571. The number of sulfonamides is 1. The summed E-state index contributed by atoms with van der Waals surface area (Å²) in [6.45, 7) is 4.28. The van der Waals surface area contributed by atoms with Crippen LogP contribution in [-0.4, -0.2) is 61.0 Å². The van der Waals surface area contributed by atoms with Crippen LogP contribution in [0.5, 0.6) is 5.75 Å². The van der Waals surface area contributed by atoms with Crippen LogP contribution in [0, 0.1) is 23.7 Å². The largest absolute Gasteiger partial charge is 0.490 e. The summed E-state index contributed by atoms with van der Waals surface area (Å²) in [5.74, 6) is 0.238. The first-order valence-electron chi connectivity index (χ1n) is 16.2. The molecule has 8 nitrogen and oxygen atoms in total. The van der Waals surface area contributed by atoms with Gasteiger partial charge in [-0.3, -0.25) is 4.79 Å². The Kier molecular flexibility index (Phi) is 9.53. The number of hydrogen-bond acceptors (Lipinski definition) is 7. The molecule has 1 fully saturated rings. The van der Waals surface area contributed by atoms with Gasteiger partial charge in [0.1, 0.15) is 5.75 Å². The molecule has 2 aromatic carbocycles. The molecule has 244 valence electrons. The Balaban J connectivity index is 1.42. The van der Waals surface area contributed by atoms with Gasteiger partial charge in [0.05, 0.1) is 23.3 Å². The molecule has 1 amide bonds. The van der Waals surface area contributed by atoms with Crippen molar-refractivity contribution in [1.29, 1.82) is 0 Å². The van der Waals surface area contributed by atoms with Crippen LogP contribution in [0.1, 0.15) is 56.6 Å². The summed E-state index contributed by atoms with van der Waals surface area (Å²) in [5.41, 5.74) is 3.00. The number of ether oxygens (including phenoxy) is 3. The summed E-state index contributed by atoms with van der Waals surface area (Å²) in [5, 5.41) is 0.736. The molecule has 10 heteroatoms. The predicted octanol–water partition coefficient (Wildman–Crippen LogP) is 5.91. The van der Waals surface area contributed by atoms with E-state index in [1.54, 1.807) is 32.4 Å². The van der Waals surface area contributed by atoms with E-state index in [1.165, 1.54) is 11.1 Å². The second-order valence-electron chi connectivity index (χ2n) is 13.4. The van der Waals surface area contributed by atoms with Gasteiger partial charge in [-0.2, -0.15) is 0 Å². The van der Waals surface area contributed by atoms with E-state index in [0.717, 1.165) is 49.4 Å². The quantitative estimate of drug-likeness (QED) is 0.409. The molecule has 2 aliphatic carbocycles. The van der Waals surface area contributed by atoms with Crippen LogP contribution in [0.2, 0.25) is 5.02 Å². The van der Waals surface area contributed by atoms with Crippen LogP contribution in [0.4, 0.5) is 5.69 Å². The standard InChI is InChI=1S/C35H45ClN2O6S/c1-23-6-4-8-32(43-3)29-12-9-25(29)20-38-21-35(16-5-7-24-18-26(36)10-13-30(24)35)22-44-33-14-11-27(19-31(33)38)45(40,41)37-34(39)28(23)15-17-42-2/h4,8,10-11,13-14,18-19,23,25,28-29,32H,5-7,9,12,15-17,20-22H2,1-3H3,(H,37,39)/b8-4-/t23-,25-,28+,29+,32+,35-/m0/s1. The number of allylic oxidation sites excluding steroid dienone is 1. The average molecular weight is 657 g/mol. The lowest BCUT2D eigenvalue weighted by Crippen LogP contribution is -2.49. The third kappa shape index (κ3) is 6.51. The maximum Gasteiger partial charge on any atom is 0.264 e. The van der Waals surface area contributed by atoms with Crippen molar-refractivity contribution in [3.8, 4) is 5.75 Å². The first-order valence-corrected chi connectivity index (χ1v) is 18.1. The minimum atomic E-state index is -4.14. The number of carbonyl (C=O) groups is 1. The van der Waals surface area contributed by atoms with E-state index in [2.05, 4.69) is 33.9 Å². The fourth-order valence-corrected chi connectivity index (χ4v) is 9.21. The Hall–Kier alpha value is -2.59. The number of nitrogens with zero attached hydrogens (tertiary/aromatic N) is 1. The summed E-state index contributed by atoms with van der Waals surface area (Å²) in [4.78, 5) is 15.9. The molecule has 0 radical (unpaired) electrons. The van der Waals surface area contributed by atoms with Crippen LogP contribution in [0.15, 0.2) is 53.4 Å². The second-order valence-corrected chi connectivity index (χ2v) is 15.6. The van der Waals surface area contributed by atoms with Crippen molar-refractivity contribution in [2.24, 2.45) is 23.7 Å². The molecular weight excluding hydrogens is 612 g/mol. The number of hydrogen-bond donors (Lipinski definition) is 1. The summed E-state index contributed by atoms with van der Waals surface area (Å²) < 4.78 is 47.8. The van der Waals surface area contributed by atoms with Gasteiger partial charge in [0.2, 0.25) is 5.91 Å². The van der Waals surface area contributed by atoms with Gasteiger partial charge in [0.15, 0.2) is 0 Å². The molecule has 0 unspecified atom stereocenters. The van der Waals surface area contributed by atoms with E-state index >= 15 is 0 Å². The number of rotatable bonds is 4. The van der Waals surface area contributed by atoms with E-state index in [-0.39, 0.29) is 22.3 Å². The van der Waals surface area contributed by atoms with Gasteiger partial charge in [0.25, 0.3) is 10.0 Å². The highest BCUT2D eigenvalue weighted by atomic mass is 35.5. The zero-order valence-corrected chi connectivity index (χ0v) is 28.0. The molecule has 1 spiro atoms. The number of carbonyl (C=O) groups excluding carboxylic acids is 1. The Morgan fingerprint density at radius 1 is 1.16 bits per heavy atom. The zero-order valence-electron chi connectivity index (χ0n) is 26.5. The molecule has 2 aromatic rings. The van der Waals surface area contributed by atoms with E-state index in [0.29, 0.717) is 50.2 Å². The van der Waals surface area contributed by atoms with Crippen LogP contribution in [-0.2, 0) is 36.1 Å². The van der Waals surface area contributed by atoms with Crippen molar-refractivity contribution < 1.29 is 27.4 Å². The minimum Gasteiger partial charge on any atom is -0.490 e. The number of halogens is 1. The summed E-state index contributed by atoms with van der Waals surface area (Å²) in [7, 11) is -0.783. The van der Waals surface area contributed by atoms with Crippen molar-refractivity contribution in [1.82, 2.24) is 4.72 Å². The highest BCUT2D eigenvalue weighted by Crippen LogP contribution is 2.47. The molecular formula is C35H45ClN2O6S. The molecule has 2 heterocycles. The molecule has 0 aromatic heterocycles. The maximum absolute atomic E-state index is 13.7. The van der Waals surface area contributed by atoms with Gasteiger partial charge < -0.3 is 19.1 Å². The van der Waals surface area contributed by atoms with E-state index < -0.39 is 21.8 Å². The van der Waals surface area contributed by atoms with Gasteiger partial charge in [-0.25, -0.2) is 13.1 Å². The maximum atomic E-state index is 13.7. The van der Waals surface area contributed by atoms with E-state index in [4.69, 9.17) is 25.8 Å². The number of benzene rings is 2.